The average molecular weight is 382 g/mol. The quantitative estimate of drug-likeness (QED) is 0.854. The van der Waals surface area contributed by atoms with Crippen LogP contribution in [0.3, 0.4) is 0 Å². The minimum atomic E-state index is -0.282. The van der Waals surface area contributed by atoms with Crippen LogP contribution >= 0.6 is 12.4 Å². The first-order valence-electron chi connectivity index (χ1n) is 8.45. The molecule has 26 heavy (non-hydrogen) atoms. The molecule has 6 nitrogen and oxygen atoms in total. The van der Waals surface area contributed by atoms with E-state index in [1.165, 1.54) is 6.07 Å². The second-order valence-electron chi connectivity index (χ2n) is 6.43. The van der Waals surface area contributed by atoms with Gasteiger partial charge in [0.1, 0.15) is 11.6 Å². The normalized spacial score (nSPS) is 17.6. The van der Waals surface area contributed by atoms with Crippen molar-refractivity contribution in [1.29, 1.82) is 0 Å². The van der Waals surface area contributed by atoms with Gasteiger partial charge in [0.15, 0.2) is 0 Å². The van der Waals surface area contributed by atoms with E-state index in [0.717, 1.165) is 25.5 Å². The third kappa shape index (κ3) is 4.60. The monoisotopic (exact) mass is 381 g/mol. The Balaban J connectivity index is 0.00000243. The summed E-state index contributed by atoms with van der Waals surface area (Å²) in [6, 6.07) is 6.62. The first-order valence-corrected chi connectivity index (χ1v) is 8.45. The molecule has 1 saturated heterocycles. The largest absolute Gasteiger partial charge is 0.340 e. The average Bonchev–Trinajstić information content (AvgIpc) is 3.03. The maximum Gasteiger partial charge on any atom is 0.236 e. The first-order chi connectivity index (χ1) is 12.1. The van der Waals surface area contributed by atoms with E-state index in [9.17, 15) is 9.18 Å². The van der Waals surface area contributed by atoms with Gasteiger partial charge in [-0.2, -0.15) is 0 Å². The summed E-state index contributed by atoms with van der Waals surface area (Å²) in [6.45, 7) is 2.94. The lowest BCUT2D eigenvalue weighted by atomic mass is 10.1. The van der Waals surface area contributed by atoms with Gasteiger partial charge < -0.3 is 14.8 Å². The van der Waals surface area contributed by atoms with Crippen LogP contribution in [0.25, 0.3) is 0 Å². The Kier molecular flexibility index (Phi) is 7.14. The summed E-state index contributed by atoms with van der Waals surface area (Å²) in [5.74, 6) is 0.635. The Bertz CT molecular complexity index is 738. The summed E-state index contributed by atoms with van der Waals surface area (Å²) in [4.78, 5) is 20.8. The number of hydrogen-bond donors (Lipinski definition) is 1. The number of imidazole rings is 1. The Labute approximate surface area is 159 Å². The molecule has 1 aliphatic heterocycles. The molecule has 1 atom stereocenters. The van der Waals surface area contributed by atoms with Gasteiger partial charge in [-0.05, 0) is 6.07 Å². The van der Waals surface area contributed by atoms with Crippen LogP contribution in [-0.2, 0) is 18.4 Å². The standard InChI is InChI=1S/C18H24FN5O.ClH/c1-22-9-8-21-18(22)16-11-20-7-10-24(16)13-17(25)23(2)12-14-5-3-4-6-15(14)19;/h3-6,8-9,16,20H,7,10-13H2,1-2H3;1H. The van der Waals surface area contributed by atoms with Crippen molar-refractivity contribution in [1.82, 2.24) is 24.7 Å². The van der Waals surface area contributed by atoms with Gasteiger partial charge in [-0.25, -0.2) is 9.37 Å². The molecular weight excluding hydrogens is 357 g/mol. The van der Waals surface area contributed by atoms with E-state index in [1.807, 2.05) is 17.8 Å². The Morgan fingerprint density at radius 3 is 2.88 bits per heavy atom. The highest BCUT2D eigenvalue weighted by molar-refractivity contribution is 5.85. The van der Waals surface area contributed by atoms with E-state index < -0.39 is 0 Å². The minimum Gasteiger partial charge on any atom is -0.340 e. The summed E-state index contributed by atoms with van der Waals surface area (Å²) in [6.07, 6.45) is 3.68. The zero-order valence-corrected chi connectivity index (χ0v) is 15.9. The zero-order valence-electron chi connectivity index (χ0n) is 15.1. The van der Waals surface area contributed by atoms with Crippen LogP contribution in [0.1, 0.15) is 17.4 Å². The van der Waals surface area contributed by atoms with Crippen LogP contribution < -0.4 is 5.32 Å². The molecule has 1 aromatic carbocycles. The number of rotatable bonds is 5. The molecule has 2 heterocycles. The van der Waals surface area contributed by atoms with Crippen molar-refractivity contribution < 1.29 is 9.18 Å². The van der Waals surface area contributed by atoms with Crippen LogP contribution in [0.4, 0.5) is 4.39 Å². The van der Waals surface area contributed by atoms with E-state index in [1.54, 1.807) is 36.3 Å². The highest BCUT2D eigenvalue weighted by atomic mass is 35.5. The van der Waals surface area contributed by atoms with E-state index in [-0.39, 0.29) is 36.7 Å². The summed E-state index contributed by atoms with van der Waals surface area (Å²) in [5.41, 5.74) is 0.527. The van der Waals surface area contributed by atoms with Crippen LogP contribution in [0, 0.1) is 5.82 Å². The third-order valence-electron chi connectivity index (χ3n) is 4.64. The van der Waals surface area contributed by atoms with Crippen LogP contribution in [-0.4, -0.2) is 58.5 Å². The Morgan fingerprint density at radius 2 is 2.19 bits per heavy atom. The third-order valence-corrected chi connectivity index (χ3v) is 4.64. The Hall–Kier alpha value is -1.96. The Morgan fingerprint density at radius 1 is 1.42 bits per heavy atom. The van der Waals surface area contributed by atoms with Crippen molar-refractivity contribution in [3.8, 4) is 0 Å². The smallest absolute Gasteiger partial charge is 0.236 e. The zero-order chi connectivity index (χ0) is 17.8. The fourth-order valence-corrected chi connectivity index (χ4v) is 3.15. The van der Waals surface area contributed by atoms with Gasteiger partial charge in [0.05, 0.1) is 12.6 Å². The van der Waals surface area contributed by atoms with Gasteiger partial charge >= 0.3 is 0 Å². The maximum atomic E-state index is 13.8. The molecule has 0 radical (unpaired) electrons. The molecule has 1 unspecified atom stereocenters. The van der Waals surface area contributed by atoms with Crippen molar-refractivity contribution in [3.63, 3.8) is 0 Å². The molecule has 1 N–H and O–H groups in total. The van der Waals surface area contributed by atoms with Crippen molar-refractivity contribution in [2.75, 3.05) is 33.2 Å². The van der Waals surface area contributed by atoms with Crippen molar-refractivity contribution in [2.24, 2.45) is 7.05 Å². The number of aryl methyl sites for hydroxylation is 1. The molecule has 1 fully saturated rings. The number of amides is 1. The summed E-state index contributed by atoms with van der Waals surface area (Å²) in [7, 11) is 3.67. The number of benzene rings is 1. The van der Waals surface area contributed by atoms with Gasteiger partial charge in [0.2, 0.25) is 5.91 Å². The van der Waals surface area contributed by atoms with Gasteiger partial charge in [-0.3, -0.25) is 9.69 Å². The van der Waals surface area contributed by atoms with Crippen LogP contribution in [0.5, 0.6) is 0 Å². The number of nitrogens with zero attached hydrogens (tertiary/aromatic N) is 4. The van der Waals surface area contributed by atoms with Crippen LogP contribution in [0.15, 0.2) is 36.7 Å². The minimum absolute atomic E-state index is 0. The predicted octanol–water partition coefficient (Wildman–Crippen LogP) is 1.59. The lowest BCUT2D eigenvalue weighted by Gasteiger charge is -2.36. The van der Waals surface area contributed by atoms with Crippen molar-refractivity contribution in [2.45, 2.75) is 12.6 Å². The lowest BCUT2D eigenvalue weighted by Crippen LogP contribution is -2.50. The number of aromatic nitrogens is 2. The van der Waals surface area contributed by atoms with Gasteiger partial charge in [-0.1, -0.05) is 18.2 Å². The molecule has 0 aliphatic carbocycles. The molecule has 0 spiro atoms. The summed E-state index contributed by atoms with van der Waals surface area (Å²) in [5, 5.41) is 3.36. The van der Waals surface area contributed by atoms with Gasteiger partial charge in [-0.15, -0.1) is 12.4 Å². The first kappa shape index (κ1) is 20.4. The number of carbonyl (C=O) groups excluding carboxylic acids is 1. The van der Waals surface area contributed by atoms with E-state index in [4.69, 9.17) is 0 Å². The summed E-state index contributed by atoms with van der Waals surface area (Å²) >= 11 is 0. The molecule has 3 rings (SSSR count). The number of nitrogens with one attached hydrogen (secondary N) is 1. The number of likely N-dealkylation sites (N-methyl/N-ethyl adjacent to an activating group) is 1. The van der Waals surface area contributed by atoms with Crippen molar-refractivity contribution in [3.05, 3.63) is 53.9 Å². The highest BCUT2D eigenvalue weighted by Gasteiger charge is 2.29. The molecule has 2 aromatic rings. The van der Waals surface area contributed by atoms with Crippen LogP contribution in [0.2, 0.25) is 0 Å². The number of halogens is 2. The fourth-order valence-electron chi connectivity index (χ4n) is 3.15. The molecule has 1 amide bonds. The molecular formula is C18H25ClFN5O. The number of carbonyl (C=O) groups is 1. The number of hydrogen-bond acceptors (Lipinski definition) is 4. The van der Waals surface area contributed by atoms with Gasteiger partial charge in [0.25, 0.3) is 0 Å². The SMILES string of the molecule is CN(Cc1ccccc1F)C(=O)CN1CCNCC1c1nccn1C.Cl. The second-order valence-corrected chi connectivity index (χ2v) is 6.43. The predicted molar refractivity (Wildman–Crippen MR) is 101 cm³/mol. The van der Waals surface area contributed by atoms with E-state index in [2.05, 4.69) is 15.2 Å². The molecule has 0 saturated carbocycles. The number of piperazine rings is 1. The lowest BCUT2D eigenvalue weighted by molar-refractivity contribution is -0.132. The van der Waals surface area contributed by atoms with Crippen molar-refractivity contribution >= 4 is 18.3 Å². The molecule has 1 aromatic heterocycles. The second kappa shape index (κ2) is 9.12. The van der Waals surface area contributed by atoms with E-state index in [0.29, 0.717) is 12.1 Å². The summed E-state index contributed by atoms with van der Waals surface area (Å²) < 4.78 is 15.8. The molecule has 1 aliphatic rings. The molecule has 0 bridgehead atoms. The topological polar surface area (TPSA) is 53.4 Å². The molecule has 142 valence electrons. The molecule has 8 heteroatoms. The van der Waals surface area contributed by atoms with E-state index >= 15 is 0 Å². The van der Waals surface area contributed by atoms with Gasteiger partial charge in [0, 0.05) is 58.2 Å². The highest BCUT2D eigenvalue weighted by Crippen LogP contribution is 2.20. The maximum absolute atomic E-state index is 13.8. The fraction of sp³-hybridized carbons (Fsp3) is 0.444.